The molecule has 31 heavy (non-hydrogen) atoms. The molecule has 0 unspecified atom stereocenters. The Hall–Kier alpha value is -3.98. The number of benzene rings is 4. The van der Waals surface area contributed by atoms with Crippen molar-refractivity contribution in [3.63, 3.8) is 0 Å². The van der Waals surface area contributed by atoms with Crippen LogP contribution in [0.4, 0.5) is 17.1 Å². The van der Waals surface area contributed by atoms with Crippen molar-refractivity contribution in [2.24, 2.45) is 0 Å². The van der Waals surface area contributed by atoms with Crippen LogP contribution in [0.5, 0.6) is 11.5 Å². The van der Waals surface area contributed by atoms with Crippen LogP contribution < -0.4 is 14.4 Å². The van der Waals surface area contributed by atoms with E-state index in [2.05, 4.69) is 77.7 Å². The average Bonchev–Trinajstić information content (AvgIpc) is 2.85. The SMILES string of the molecule is COc1ccc(C=Cc2ccc(N(c3ccccc3)c3ccc(OC)cc3)cc2)cc1. The maximum atomic E-state index is 5.32. The van der Waals surface area contributed by atoms with Gasteiger partial charge in [0.25, 0.3) is 0 Å². The van der Waals surface area contributed by atoms with E-state index in [0.717, 1.165) is 39.7 Å². The fourth-order valence-corrected chi connectivity index (χ4v) is 3.40. The van der Waals surface area contributed by atoms with Crippen LogP contribution in [0.2, 0.25) is 0 Å². The van der Waals surface area contributed by atoms with Crippen LogP contribution in [0.3, 0.4) is 0 Å². The standard InChI is InChI=1S/C28H25NO2/c1-30-27-18-12-23(13-19-27)9-8-22-10-14-25(15-11-22)29(24-6-4-3-5-7-24)26-16-20-28(31-2)21-17-26/h3-21H,1-2H3. The number of nitrogens with zero attached hydrogens (tertiary/aromatic N) is 1. The highest BCUT2D eigenvalue weighted by molar-refractivity contribution is 5.78. The molecule has 0 saturated carbocycles. The van der Waals surface area contributed by atoms with E-state index in [1.807, 2.05) is 42.5 Å². The second-order valence-corrected chi connectivity index (χ2v) is 7.07. The van der Waals surface area contributed by atoms with Crippen molar-refractivity contribution in [3.05, 3.63) is 114 Å². The van der Waals surface area contributed by atoms with Gasteiger partial charge >= 0.3 is 0 Å². The van der Waals surface area contributed by atoms with Crippen molar-refractivity contribution < 1.29 is 9.47 Å². The third-order valence-corrected chi connectivity index (χ3v) is 5.08. The molecule has 0 aliphatic heterocycles. The highest BCUT2D eigenvalue weighted by Gasteiger charge is 2.12. The molecule has 154 valence electrons. The number of para-hydroxylation sites is 1. The van der Waals surface area contributed by atoms with Crippen molar-refractivity contribution in [1.29, 1.82) is 0 Å². The van der Waals surface area contributed by atoms with E-state index in [1.165, 1.54) is 0 Å². The normalized spacial score (nSPS) is 10.8. The Kier molecular flexibility index (Phi) is 6.34. The second kappa shape index (κ2) is 9.68. The Bertz CT molecular complexity index is 1120. The smallest absolute Gasteiger partial charge is 0.119 e. The van der Waals surface area contributed by atoms with E-state index >= 15 is 0 Å². The van der Waals surface area contributed by atoms with Crippen molar-refractivity contribution in [2.75, 3.05) is 19.1 Å². The summed E-state index contributed by atoms with van der Waals surface area (Å²) in [5.74, 6) is 1.71. The molecule has 0 radical (unpaired) electrons. The predicted molar refractivity (Wildman–Crippen MR) is 130 cm³/mol. The van der Waals surface area contributed by atoms with Crippen LogP contribution in [0.15, 0.2) is 103 Å². The molecule has 3 nitrogen and oxygen atoms in total. The van der Waals surface area contributed by atoms with Crippen LogP contribution >= 0.6 is 0 Å². The topological polar surface area (TPSA) is 21.7 Å². The largest absolute Gasteiger partial charge is 0.497 e. The van der Waals surface area contributed by atoms with Gasteiger partial charge in [0.15, 0.2) is 0 Å². The molecule has 0 amide bonds. The number of ether oxygens (including phenoxy) is 2. The Morgan fingerprint density at radius 3 is 1.35 bits per heavy atom. The Morgan fingerprint density at radius 2 is 0.871 bits per heavy atom. The average molecular weight is 408 g/mol. The van der Waals surface area contributed by atoms with Crippen LogP contribution in [-0.4, -0.2) is 14.2 Å². The first-order valence-electron chi connectivity index (χ1n) is 10.2. The maximum Gasteiger partial charge on any atom is 0.119 e. The van der Waals surface area contributed by atoms with Crippen LogP contribution in [0.1, 0.15) is 11.1 Å². The first kappa shape index (κ1) is 20.3. The molecule has 0 saturated heterocycles. The second-order valence-electron chi connectivity index (χ2n) is 7.07. The number of methoxy groups -OCH3 is 2. The Labute approximate surface area is 183 Å². The zero-order valence-electron chi connectivity index (χ0n) is 17.7. The molecule has 0 bridgehead atoms. The van der Waals surface area contributed by atoms with Gasteiger partial charge in [-0.3, -0.25) is 0 Å². The molecule has 0 atom stereocenters. The lowest BCUT2D eigenvalue weighted by molar-refractivity contribution is 0.414. The van der Waals surface area contributed by atoms with Gasteiger partial charge in [0.2, 0.25) is 0 Å². The van der Waals surface area contributed by atoms with Gasteiger partial charge in [0, 0.05) is 17.1 Å². The van der Waals surface area contributed by atoms with E-state index in [0.29, 0.717) is 0 Å². The van der Waals surface area contributed by atoms with Gasteiger partial charge < -0.3 is 14.4 Å². The first-order chi connectivity index (χ1) is 15.3. The Morgan fingerprint density at radius 1 is 0.484 bits per heavy atom. The molecule has 0 spiro atoms. The monoisotopic (exact) mass is 407 g/mol. The summed E-state index contributed by atoms with van der Waals surface area (Å²) in [5, 5.41) is 0. The van der Waals surface area contributed by atoms with Crippen LogP contribution in [-0.2, 0) is 0 Å². The molecule has 0 N–H and O–H groups in total. The summed E-state index contributed by atoms with van der Waals surface area (Å²) in [6, 6.07) is 35.1. The fraction of sp³-hybridized carbons (Fsp3) is 0.0714. The predicted octanol–water partition coefficient (Wildman–Crippen LogP) is 7.34. The van der Waals surface area contributed by atoms with Crippen molar-refractivity contribution in [1.82, 2.24) is 0 Å². The number of rotatable bonds is 7. The summed E-state index contributed by atoms with van der Waals surface area (Å²) < 4.78 is 10.5. The van der Waals surface area contributed by atoms with E-state index in [4.69, 9.17) is 9.47 Å². The summed E-state index contributed by atoms with van der Waals surface area (Å²) in [7, 11) is 3.36. The van der Waals surface area contributed by atoms with Gasteiger partial charge in [-0.15, -0.1) is 0 Å². The lowest BCUT2D eigenvalue weighted by Crippen LogP contribution is -2.09. The molecular formula is C28H25NO2. The highest BCUT2D eigenvalue weighted by atomic mass is 16.5. The minimum atomic E-state index is 0.843. The van der Waals surface area contributed by atoms with E-state index < -0.39 is 0 Å². The van der Waals surface area contributed by atoms with Gasteiger partial charge in [0.1, 0.15) is 11.5 Å². The van der Waals surface area contributed by atoms with Crippen molar-refractivity contribution in [2.45, 2.75) is 0 Å². The first-order valence-corrected chi connectivity index (χ1v) is 10.2. The highest BCUT2D eigenvalue weighted by Crippen LogP contribution is 2.35. The summed E-state index contributed by atoms with van der Waals surface area (Å²) >= 11 is 0. The summed E-state index contributed by atoms with van der Waals surface area (Å²) in [6.45, 7) is 0. The minimum absolute atomic E-state index is 0.843. The summed E-state index contributed by atoms with van der Waals surface area (Å²) in [4.78, 5) is 2.23. The van der Waals surface area contributed by atoms with Gasteiger partial charge in [-0.25, -0.2) is 0 Å². The van der Waals surface area contributed by atoms with Crippen molar-refractivity contribution in [3.8, 4) is 11.5 Å². The van der Waals surface area contributed by atoms with Crippen molar-refractivity contribution >= 4 is 29.2 Å². The molecule has 3 heteroatoms. The van der Waals surface area contributed by atoms with E-state index in [1.54, 1.807) is 14.2 Å². The zero-order chi connectivity index (χ0) is 21.5. The lowest BCUT2D eigenvalue weighted by atomic mass is 10.1. The molecule has 0 aromatic heterocycles. The quantitative estimate of drug-likeness (QED) is 0.299. The minimum Gasteiger partial charge on any atom is -0.497 e. The third-order valence-electron chi connectivity index (χ3n) is 5.08. The Balaban J connectivity index is 1.60. The summed E-state index contributed by atoms with van der Waals surface area (Å²) in [6.07, 6.45) is 4.22. The van der Waals surface area contributed by atoms with Crippen LogP contribution in [0, 0.1) is 0 Å². The van der Waals surface area contributed by atoms with Crippen LogP contribution in [0.25, 0.3) is 12.2 Å². The van der Waals surface area contributed by atoms with Gasteiger partial charge in [0.05, 0.1) is 14.2 Å². The maximum absolute atomic E-state index is 5.32. The third kappa shape index (κ3) is 4.96. The zero-order valence-corrected chi connectivity index (χ0v) is 17.7. The van der Waals surface area contributed by atoms with Gasteiger partial charge in [-0.1, -0.05) is 54.6 Å². The molecule has 0 heterocycles. The molecule has 0 aliphatic carbocycles. The van der Waals surface area contributed by atoms with E-state index in [-0.39, 0.29) is 0 Å². The molecule has 4 aromatic carbocycles. The van der Waals surface area contributed by atoms with Gasteiger partial charge in [-0.05, 0) is 71.8 Å². The van der Waals surface area contributed by atoms with E-state index in [9.17, 15) is 0 Å². The number of hydrogen-bond acceptors (Lipinski definition) is 3. The molecule has 0 aliphatic rings. The molecular weight excluding hydrogens is 382 g/mol. The summed E-state index contributed by atoms with van der Waals surface area (Å²) in [5.41, 5.74) is 5.55. The lowest BCUT2D eigenvalue weighted by Gasteiger charge is -2.25. The number of hydrogen-bond donors (Lipinski definition) is 0. The molecule has 0 fully saturated rings. The van der Waals surface area contributed by atoms with Gasteiger partial charge in [-0.2, -0.15) is 0 Å². The number of anilines is 3. The molecule has 4 aromatic rings. The molecule has 4 rings (SSSR count). The fourth-order valence-electron chi connectivity index (χ4n) is 3.40.